The molecule has 0 aliphatic carbocycles. The number of esters is 1. The number of hydrogen-bond donors (Lipinski definition) is 1. The lowest BCUT2D eigenvalue weighted by molar-refractivity contribution is -0.139. The van der Waals surface area contributed by atoms with E-state index in [0.717, 1.165) is 30.4 Å². The first kappa shape index (κ1) is 13.7. The molecule has 0 aromatic heterocycles. The van der Waals surface area contributed by atoms with Crippen LogP contribution in [0.1, 0.15) is 43.4 Å². The molecule has 17 heavy (non-hydrogen) atoms. The summed E-state index contributed by atoms with van der Waals surface area (Å²) in [7, 11) is 1.40. The van der Waals surface area contributed by atoms with Gasteiger partial charge in [0.05, 0.1) is 13.5 Å². The first-order valence-electron chi connectivity index (χ1n) is 6.08. The Morgan fingerprint density at radius 2 is 2.00 bits per heavy atom. The first-order valence-corrected chi connectivity index (χ1v) is 6.08. The van der Waals surface area contributed by atoms with Gasteiger partial charge in [-0.1, -0.05) is 44.0 Å². The van der Waals surface area contributed by atoms with Crippen LogP contribution in [0.3, 0.4) is 0 Å². The van der Waals surface area contributed by atoms with Crippen LogP contribution < -0.4 is 5.73 Å². The van der Waals surface area contributed by atoms with Crippen molar-refractivity contribution >= 4 is 5.97 Å². The molecule has 0 amide bonds. The summed E-state index contributed by atoms with van der Waals surface area (Å²) >= 11 is 0. The Morgan fingerprint density at radius 3 is 2.53 bits per heavy atom. The number of unbranched alkanes of at least 4 members (excludes halogenated alkanes) is 1. The van der Waals surface area contributed by atoms with Crippen LogP contribution in [0.4, 0.5) is 0 Å². The minimum atomic E-state index is -0.215. The smallest absolute Gasteiger partial charge is 0.309 e. The standard InChI is InChI=1S/C14H21NO2/c1-3-4-5-13(15)12-8-6-11(7-9-12)10-14(16)17-2/h6-9,13H,3-5,10,15H2,1-2H3. The molecule has 0 fully saturated rings. The van der Waals surface area contributed by atoms with Crippen LogP contribution in [0.25, 0.3) is 0 Å². The molecule has 94 valence electrons. The van der Waals surface area contributed by atoms with E-state index in [-0.39, 0.29) is 12.0 Å². The second-order valence-electron chi connectivity index (χ2n) is 4.24. The van der Waals surface area contributed by atoms with Gasteiger partial charge in [0, 0.05) is 6.04 Å². The SMILES string of the molecule is CCCCC(N)c1ccc(CC(=O)OC)cc1. The van der Waals surface area contributed by atoms with E-state index in [1.807, 2.05) is 24.3 Å². The van der Waals surface area contributed by atoms with Crippen molar-refractivity contribution in [3.63, 3.8) is 0 Å². The van der Waals surface area contributed by atoms with Crippen molar-refractivity contribution in [2.24, 2.45) is 5.73 Å². The fraction of sp³-hybridized carbons (Fsp3) is 0.500. The molecule has 2 N–H and O–H groups in total. The molecule has 1 unspecified atom stereocenters. The first-order chi connectivity index (χ1) is 8.17. The van der Waals surface area contributed by atoms with Gasteiger partial charge in [-0.2, -0.15) is 0 Å². The fourth-order valence-electron chi connectivity index (χ4n) is 1.71. The van der Waals surface area contributed by atoms with Crippen molar-refractivity contribution in [2.75, 3.05) is 7.11 Å². The third-order valence-electron chi connectivity index (χ3n) is 2.85. The Bertz CT molecular complexity index is 346. The average Bonchev–Trinajstić information content (AvgIpc) is 2.36. The quantitative estimate of drug-likeness (QED) is 0.771. The maximum atomic E-state index is 11.1. The minimum absolute atomic E-state index is 0.0992. The van der Waals surface area contributed by atoms with Gasteiger partial charge in [-0.05, 0) is 17.5 Å². The van der Waals surface area contributed by atoms with E-state index >= 15 is 0 Å². The molecule has 1 atom stereocenters. The van der Waals surface area contributed by atoms with Crippen molar-refractivity contribution in [3.8, 4) is 0 Å². The molecule has 1 rings (SSSR count). The summed E-state index contributed by atoms with van der Waals surface area (Å²) in [6.45, 7) is 2.16. The van der Waals surface area contributed by atoms with Gasteiger partial charge >= 0.3 is 5.97 Å². The Hall–Kier alpha value is -1.35. The van der Waals surface area contributed by atoms with Gasteiger partial charge in [-0.3, -0.25) is 4.79 Å². The predicted octanol–water partition coefficient (Wildman–Crippen LogP) is 2.59. The number of carbonyl (C=O) groups is 1. The molecule has 0 aliphatic rings. The van der Waals surface area contributed by atoms with Crippen molar-refractivity contribution in [3.05, 3.63) is 35.4 Å². The van der Waals surface area contributed by atoms with E-state index in [1.165, 1.54) is 7.11 Å². The number of carbonyl (C=O) groups excluding carboxylic acids is 1. The summed E-state index contributed by atoms with van der Waals surface area (Å²) in [5.41, 5.74) is 8.16. The van der Waals surface area contributed by atoms with Crippen LogP contribution in [0.2, 0.25) is 0 Å². The van der Waals surface area contributed by atoms with Crippen molar-refractivity contribution in [1.82, 2.24) is 0 Å². The highest BCUT2D eigenvalue weighted by Crippen LogP contribution is 2.17. The lowest BCUT2D eigenvalue weighted by Gasteiger charge is -2.11. The van der Waals surface area contributed by atoms with Gasteiger partial charge in [0.2, 0.25) is 0 Å². The Morgan fingerprint density at radius 1 is 1.35 bits per heavy atom. The molecule has 0 radical (unpaired) electrons. The Labute approximate surface area is 103 Å². The third kappa shape index (κ3) is 4.57. The van der Waals surface area contributed by atoms with Crippen LogP contribution >= 0.6 is 0 Å². The highest BCUT2D eigenvalue weighted by atomic mass is 16.5. The average molecular weight is 235 g/mol. The molecule has 3 nitrogen and oxygen atoms in total. The molecule has 0 aliphatic heterocycles. The molecule has 0 saturated carbocycles. The Balaban J connectivity index is 2.57. The van der Waals surface area contributed by atoms with Crippen LogP contribution in [-0.2, 0) is 16.0 Å². The molecule has 0 saturated heterocycles. The molecule has 3 heteroatoms. The summed E-state index contributed by atoms with van der Waals surface area (Å²) in [6, 6.07) is 7.98. The maximum absolute atomic E-state index is 11.1. The molecule has 1 aromatic carbocycles. The molecular weight excluding hydrogens is 214 g/mol. The van der Waals surface area contributed by atoms with Gasteiger partial charge in [0.1, 0.15) is 0 Å². The summed E-state index contributed by atoms with van der Waals surface area (Å²) < 4.78 is 4.62. The van der Waals surface area contributed by atoms with Gasteiger partial charge in [0.25, 0.3) is 0 Å². The van der Waals surface area contributed by atoms with Gasteiger partial charge in [0.15, 0.2) is 0 Å². The maximum Gasteiger partial charge on any atom is 0.309 e. The summed E-state index contributed by atoms with van der Waals surface area (Å²) in [5.74, 6) is -0.215. The number of methoxy groups -OCH3 is 1. The third-order valence-corrected chi connectivity index (χ3v) is 2.85. The van der Waals surface area contributed by atoms with Crippen LogP contribution in [-0.4, -0.2) is 13.1 Å². The second-order valence-corrected chi connectivity index (χ2v) is 4.24. The Kier molecular flexibility index (Phi) is 5.70. The van der Waals surface area contributed by atoms with Gasteiger partial charge in [-0.15, -0.1) is 0 Å². The van der Waals surface area contributed by atoms with Crippen molar-refractivity contribution < 1.29 is 9.53 Å². The topological polar surface area (TPSA) is 52.3 Å². The monoisotopic (exact) mass is 235 g/mol. The molecular formula is C14H21NO2. The van der Waals surface area contributed by atoms with E-state index in [9.17, 15) is 4.79 Å². The van der Waals surface area contributed by atoms with E-state index in [0.29, 0.717) is 6.42 Å². The molecule has 1 aromatic rings. The normalized spacial score (nSPS) is 12.2. The zero-order chi connectivity index (χ0) is 12.7. The summed E-state index contributed by atoms with van der Waals surface area (Å²) in [5, 5.41) is 0. The number of hydrogen-bond acceptors (Lipinski definition) is 3. The van der Waals surface area contributed by atoms with Gasteiger partial charge < -0.3 is 10.5 Å². The second kappa shape index (κ2) is 7.07. The number of rotatable bonds is 6. The van der Waals surface area contributed by atoms with Crippen molar-refractivity contribution in [1.29, 1.82) is 0 Å². The largest absolute Gasteiger partial charge is 0.469 e. The molecule has 0 heterocycles. The van der Waals surface area contributed by atoms with Crippen LogP contribution in [0.5, 0.6) is 0 Å². The zero-order valence-electron chi connectivity index (χ0n) is 10.6. The number of nitrogens with two attached hydrogens (primary N) is 1. The summed E-state index contributed by atoms with van der Waals surface area (Å²) in [6.07, 6.45) is 3.63. The number of ether oxygens (including phenoxy) is 1. The predicted molar refractivity (Wildman–Crippen MR) is 68.6 cm³/mol. The van der Waals surface area contributed by atoms with E-state index in [1.54, 1.807) is 0 Å². The lowest BCUT2D eigenvalue weighted by atomic mass is 10.00. The van der Waals surface area contributed by atoms with E-state index in [2.05, 4.69) is 11.7 Å². The van der Waals surface area contributed by atoms with E-state index in [4.69, 9.17) is 5.73 Å². The molecule has 0 bridgehead atoms. The van der Waals surface area contributed by atoms with Crippen molar-refractivity contribution in [2.45, 2.75) is 38.6 Å². The van der Waals surface area contributed by atoms with Crippen LogP contribution in [0, 0.1) is 0 Å². The van der Waals surface area contributed by atoms with Crippen LogP contribution in [0.15, 0.2) is 24.3 Å². The highest BCUT2D eigenvalue weighted by Gasteiger charge is 2.06. The lowest BCUT2D eigenvalue weighted by Crippen LogP contribution is -2.10. The minimum Gasteiger partial charge on any atom is -0.469 e. The highest BCUT2D eigenvalue weighted by molar-refractivity contribution is 5.72. The van der Waals surface area contributed by atoms with E-state index < -0.39 is 0 Å². The fourth-order valence-corrected chi connectivity index (χ4v) is 1.71. The zero-order valence-corrected chi connectivity index (χ0v) is 10.6. The van der Waals surface area contributed by atoms with Gasteiger partial charge in [-0.25, -0.2) is 0 Å². The number of benzene rings is 1. The molecule has 0 spiro atoms. The summed E-state index contributed by atoms with van der Waals surface area (Å²) in [4.78, 5) is 11.1.